The summed E-state index contributed by atoms with van der Waals surface area (Å²) in [5, 5.41) is 0. The summed E-state index contributed by atoms with van der Waals surface area (Å²) in [6, 6.07) is 20.7. The average molecular weight is 431 g/mol. The van der Waals surface area contributed by atoms with Crippen LogP contribution < -0.4 is 9.47 Å². The summed E-state index contributed by atoms with van der Waals surface area (Å²) < 4.78 is 11.6. The van der Waals surface area contributed by atoms with Crippen LogP contribution in [0.4, 0.5) is 0 Å². The third-order valence-electron chi connectivity index (χ3n) is 4.21. The van der Waals surface area contributed by atoms with Crippen molar-refractivity contribution in [3.05, 3.63) is 99.5 Å². The summed E-state index contributed by atoms with van der Waals surface area (Å²) in [4.78, 5) is 12.8. The lowest BCUT2D eigenvalue weighted by molar-refractivity contribution is 0.104. The zero-order valence-electron chi connectivity index (χ0n) is 14.8. The van der Waals surface area contributed by atoms with Gasteiger partial charge in [0.15, 0.2) is 17.3 Å². The van der Waals surface area contributed by atoms with Crippen LogP contribution in [0.1, 0.15) is 27.0 Å². The summed E-state index contributed by atoms with van der Waals surface area (Å²) in [7, 11) is 0. The molecule has 28 heavy (non-hydrogen) atoms. The lowest BCUT2D eigenvalue weighted by atomic mass is 10.0. The van der Waals surface area contributed by atoms with E-state index >= 15 is 0 Å². The summed E-state index contributed by atoms with van der Waals surface area (Å²) >= 11 is 3.50. The lowest BCUT2D eigenvalue weighted by Crippen LogP contribution is -1.98. The first kappa shape index (κ1) is 18.1. The molecule has 0 bridgehead atoms. The molecule has 0 saturated heterocycles. The van der Waals surface area contributed by atoms with E-state index in [1.807, 2.05) is 60.7 Å². The molecule has 0 aliphatic carbocycles. The summed E-state index contributed by atoms with van der Waals surface area (Å²) in [5.41, 5.74) is 3.01. The highest BCUT2D eigenvalue weighted by atomic mass is 79.9. The minimum atomic E-state index is -0.109. The number of benzene rings is 3. The van der Waals surface area contributed by atoms with Crippen LogP contribution in [0.25, 0.3) is 6.08 Å². The summed E-state index contributed by atoms with van der Waals surface area (Å²) in [5.74, 6) is 7.46. The van der Waals surface area contributed by atoms with Crippen molar-refractivity contribution in [3.63, 3.8) is 0 Å². The first-order valence-electron chi connectivity index (χ1n) is 8.68. The molecule has 3 aromatic rings. The molecule has 0 spiro atoms. The highest BCUT2D eigenvalue weighted by Gasteiger charge is 2.15. The van der Waals surface area contributed by atoms with Crippen molar-refractivity contribution < 1.29 is 14.3 Å². The number of hydrogen-bond donors (Lipinski definition) is 0. The molecule has 0 amide bonds. The predicted molar refractivity (Wildman–Crippen MR) is 112 cm³/mol. The van der Waals surface area contributed by atoms with E-state index in [2.05, 4.69) is 27.8 Å². The number of allylic oxidation sites excluding steroid dienone is 1. The Kier molecular flexibility index (Phi) is 5.27. The topological polar surface area (TPSA) is 35.5 Å². The molecule has 3 nitrogen and oxygen atoms in total. The minimum Gasteiger partial charge on any atom is -0.454 e. The highest BCUT2D eigenvalue weighted by Crippen LogP contribution is 2.37. The quantitative estimate of drug-likeness (QED) is 0.313. The number of carbonyl (C=O) groups is 1. The largest absolute Gasteiger partial charge is 0.454 e. The number of hydrogen-bond acceptors (Lipinski definition) is 3. The molecule has 4 heteroatoms. The van der Waals surface area contributed by atoms with Gasteiger partial charge in [0, 0.05) is 21.2 Å². The van der Waals surface area contributed by atoms with Gasteiger partial charge in [-0.15, -0.1) is 0 Å². The van der Waals surface area contributed by atoms with Crippen LogP contribution in [-0.2, 0) is 0 Å². The molecule has 3 aromatic carbocycles. The molecule has 1 aliphatic heterocycles. The van der Waals surface area contributed by atoms with Gasteiger partial charge in [0.05, 0.1) is 0 Å². The fourth-order valence-corrected chi connectivity index (χ4v) is 3.24. The van der Waals surface area contributed by atoms with Crippen molar-refractivity contribution in [2.75, 3.05) is 6.79 Å². The molecule has 0 saturated carbocycles. The van der Waals surface area contributed by atoms with Crippen molar-refractivity contribution in [1.29, 1.82) is 0 Å². The van der Waals surface area contributed by atoms with E-state index in [4.69, 9.17) is 9.47 Å². The summed E-state index contributed by atoms with van der Waals surface area (Å²) in [6.07, 6.45) is 3.31. The molecule has 1 heterocycles. The molecule has 0 radical (unpaired) electrons. The molecule has 0 N–H and O–H groups in total. The van der Waals surface area contributed by atoms with E-state index in [9.17, 15) is 4.79 Å². The van der Waals surface area contributed by atoms with Gasteiger partial charge in [0.1, 0.15) is 0 Å². The Balaban J connectivity index is 1.60. The van der Waals surface area contributed by atoms with Crippen molar-refractivity contribution in [1.82, 2.24) is 0 Å². The molecular weight excluding hydrogens is 416 g/mol. The maximum absolute atomic E-state index is 12.8. The zero-order valence-corrected chi connectivity index (χ0v) is 16.4. The Morgan fingerprint density at radius 3 is 2.46 bits per heavy atom. The number of halogens is 1. The number of carbonyl (C=O) groups excluding carboxylic acids is 1. The fraction of sp³-hybridized carbons (Fsp3) is 0.0417. The molecule has 136 valence electrons. The molecular formula is C24H15BrO3. The second-order valence-corrected chi connectivity index (χ2v) is 6.94. The van der Waals surface area contributed by atoms with Crippen molar-refractivity contribution in [2.24, 2.45) is 0 Å². The average Bonchev–Trinajstić information content (AvgIpc) is 3.18. The Bertz CT molecular complexity index is 1120. The molecule has 4 rings (SSSR count). The van der Waals surface area contributed by atoms with Gasteiger partial charge in [-0.05, 0) is 54.1 Å². The highest BCUT2D eigenvalue weighted by molar-refractivity contribution is 9.10. The third-order valence-corrected chi connectivity index (χ3v) is 4.90. The Morgan fingerprint density at radius 2 is 1.64 bits per heavy atom. The predicted octanol–water partition coefficient (Wildman–Crippen LogP) is 5.47. The first-order chi connectivity index (χ1) is 13.7. The molecule has 0 fully saturated rings. The van der Waals surface area contributed by atoms with Crippen LogP contribution in [0, 0.1) is 11.8 Å². The van der Waals surface area contributed by atoms with Crippen LogP contribution in [0.3, 0.4) is 0 Å². The molecule has 0 aromatic heterocycles. The van der Waals surface area contributed by atoms with Gasteiger partial charge in [-0.3, -0.25) is 4.79 Å². The Hall–Kier alpha value is -3.29. The van der Waals surface area contributed by atoms with E-state index in [-0.39, 0.29) is 12.6 Å². The summed E-state index contributed by atoms with van der Waals surface area (Å²) in [6.45, 7) is 0.210. The fourth-order valence-electron chi connectivity index (χ4n) is 2.78. The van der Waals surface area contributed by atoms with Gasteiger partial charge in [0.2, 0.25) is 6.79 Å². The van der Waals surface area contributed by atoms with E-state index < -0.39 is 0 Å². The monoisotopic (exact) mass is 430 g/mol. The smallest absolute Gasteiger partial charge is 0.231 e. The van der Waals surface area contributed by atoms with Gasteiger partial charge < -0.3 is 9.47 Å². The SMILES string of the molecule is O=C(/C=C/c1cc2c(cc1Br)OCO2)c1ccccc1C#Cc1ccccc1. The van der Waals surface area contributed by atoms with Crippen LogP contribution in [0.15, 0.2) is 77.3 Å². The van der Waals surface area contributed by atoms with Crippen molar-refractivity contribution in [2.45, 2.75) is 0 Å². The van der Waals surface area contributed by atoms with Crippen LogP contribution in [-0.4, -0.2) is 12.6 Å². The number of ether oxygens (including phenoxy) is 2. The number of ketones is 1. The van der Waals surface area contributed by atoms with E-state index in [0.717, 1.165) is 15.6 Å². The van der Waals surface area contributed by atoms with E-state index in [1.165, 1.54) is 0 Å². The molecule has 0 atom stereocenters. The van der Waals surface area contributed by atoms with Gasteiger partial charge in [-0.1, -0.05) is 58.1 Å². The van der Waals surface area contributed by atoms with E-state index in [1.54, 1.807) is 18.2 Å². The molecule has 1 aliphatic rings. The van der Waals surface area contributed by atoms with Gasteiger partial charge in [-0.25, -0.2) is 0 Å². The Morgan fingerprint density at radius 1 is 0.929 bits per heavy atom. The number of rotatable bonds is 3. The van der Waals surface area contributed by atoms with Crippen molar-refractivity contribution >= 4 is 27.8 Å². The van der Waals surface area contributed by atoms with E-state index in [0.29, 0.717) is 22.6 Å². The maximum Gasteiger partial charge on any atom is 0.231 e. The zero-order chi connectivity index (χ0) is 19.3. The van der Waals surface area contributed by atoms with Crippen molar-refractivity contribution in [3.8, 4) is 23.3 Å². The van der Waals surface area contributed by atoms with Gasteiger partial charge in [-0.2, -0.15) is 0 Å². The van der Waals surface area contributed by atoms with Crippen LogP contribution >= 0.6 is 15.9 Å². The third kappa shape index (κ3) is 4.00. The molecule has 0 unspecified atom stereocenters. The first-order valence-corrected chi connectivity index (χ1v) is 9.48. The van der Waals surface area contributed by atoms with Gasteiger partial charge in [0.25, 0.3) is 0 Å². The minimum absolute atomic E-state index is 0.109. The normalized spacial score (nSPS) is 11.9. The van der Waals surface area contributed by atoms with Crippen LogP contribution in [0.2, 0.25) is 0 Å². The second kappa shape index (κ2) is 8.16. The number of fused-ring (bicyclic) bond motifs is 1. The van der Waals surface area contributed by atoms with Crippen LogP contribution in [0.5, 0.6) is 11.5 Å². The standard InChI is InChI=1S/C24H15BrO3/c25-21-15-24-23(27-16-28-24)14-19(21)12-13-22(26)20-9-5-4-8-18(20)11-10-17-6-2-1-3-7-17/h1-9,12-15H,16H2/b13-12+. The maximum atomic E-state index is 12.8. The second-order valence-electron chi connectivity index (χ2n) is 6.09. The Labute approximate surface area is 171 Å². The van der Waals surface area contributed by atoms with Gasteiger partial charge >= 0.3 is 0 Å². The lowest BCUT2D eigenvalue weighted by Gasteiger charge is -2.03.